The van der Waals surface area contributed by atoms with E-state index in [4.69, 9.17) is 0 Å². The summed E-state index contributed by atoms with van der Waals surface area (Å²) in [5, 5.41) is 5.41. The molecule has 3 aromatic rings. The van der Waals surface area contributed by atoms with Crippen LogP contribution < -0.4 is 15.8 Å². The number of amides is 1. The predicted octanol–water partition coefficient (Wildman–Crippen LogP) is 3.74. The van der Waals surface area contributed by atoms with E-state index in [1.807, 2.05) is 35.7 Å². The van der Waals surface area contributed by atoms with Gasteiger partial charge in [-0.15, -0.1) is 23.7 Å². The van der Waals surface area contributed by atoms with Gasteiger partial charge in [0.25, 0.3) is 11.5 Å². The summed E-state index contributed by atoms with van der Waals surface area (Å²) in [6.07, 6.45) is 4.44. The van der Waals surface area contributed by atoms with Gasteiger partial charge in [0.05, 0.1) is 5.39 Å². The molecule has 0 radical (unpaired) electrons. The number of benzene rings is 1. The first kappa shape index (κ1) is 22.6. The van der Waals surface area contributed by atoms with Gasteiger partial charge in [0, 0.05) is 60.9 Å². The Hall–Kier alpha value is -2.61. The number of anilines is 1. The maximum atomic E-state index is 12.3. The topological polar surface area (TPSA) is 68.4 Å². The minimum Gasteiger partial charge on any atom is -0.369 e. The zero-order valence-electron chi connectivity index (χ0n) is 18.0. The highest BCUT2D eigenvalue weighted by atomic mass is 35.5. The molecule has 1 fully saturated rings. The first-order valence-corrected chi connectivity index (χ1v) is 11.6. The average molecular weight is 471 g/mol. The standard InChI is InChI=1S/C24H26N4O2S.ClH/c1-25-23(29)16-2-5-18(6-3-16)27-9-11-28(12-10-27)19-7-4-17(14-19)21-15-22-20(8-13-31-22)24(30)26-21;/h2-3,5-6,8,13-15,19H,4,7,9-12H2,1H3,(H,25,29)(H,26,30);1H/t19-;/m1./s1. The first-order valence-electron chi connectivity index (χ1n) is 10.7. The second-order valence-electron chi connectivity index (χ2n) is 8.16. The molecular weight excluding hydrogens is 444 g/mol. The summed E-state index contributed by atoms with van der Waals surface area (Å²) >= 11 is 1.62. The third-order valence-corrected chi connectivity index (χ3v) is 7.28. The van der Waals surface area contributed by atoms with Gasteiger partial charge in [-0.05, 0) is 60.2 Å². The summed E-state index contributed by atoms with van der Waals surface area (Å²) in [6.45, 7) is 3.95. The molecular formula is C24H27ClN4O2S. The molecule has 168 valence electrons. The molecule has 1 atom stereocenters. The molecule has 0 saturated carbocycles. The van der Waals surface area contributed by atoms with Crippen LogP contribution in [0.25, 0.3) is 15.7 Å². The number of halogens is 1. The Morgan fingerprint density at radius 1 is 1.12 bits per heavy atom. The third kappa shape index (κ3) is 4.33. The SMILES string of the molecule is CNC(=O)c1ccc(N2CCN([C@H]3C=C(c4cc5sccc5c(=O)[nH]4)CC3)CC2)cc1.Cl. The molecule has 0 unspecified atom stereocenters. The van der Waals surface area contributed by atoms with Crippen LogP contribution >= 0.6 is 23.7 Å². The summed E-state index contributed by atoms with van der Waals surface area (Å²) in [4.78, 5) is 32.1. The number of thiophene rings is 1. The van der Waals surface area contributed by atoms with Gasteiger partial charge in [-0.2, -0.15) is 0 Å². The normalized spacial score (nSPS) is 19.0. The van der Waals surface area contributed by atoms with Gasteiger partial charge in [-0.1, -0.05) is 6.08 Å². The van der Waals surface area contributed by atoms with E-state index in [2.05, 4.69) is 32.2 Å². The van der Waals surface area contributed by atoms with Crippen LogP contribution in [0.15, 0.2) is 52.6 Å². The number of H-pyrrole nitrogens is 1. The van der Waals surface area contributed by atoms with E-state index in [0.29, 0.717) is 11.6 Å². The van der Waals surface area contributed by atoms with Crippen LogP contribution in [0.3, 0.4) is 0 Å². The van der Waals surface area contributed by atoms with Gasteiger partial charge in [0.15, 0.2) is 0 Å². The van der Waals surface area contributed by atoms with Crippen molar-refractivity contribution >= 4 is 51.0 Å². The van der Waals surface area contributed by atoms with Crippen LogP contribution in [0.4, 0.5) is 5.69 Å². The molecule has 1 aliphatic heterocycles. The lowest BCUT2D eigenvalue weighted by Crippen LogP contribution is -2.49. The molecule has 1 aromatic carbocycles. The van der Waals surface area contributed by atoms with Crippen molar-refractivity contribution in [1.29, 1.82) is 0 Å². The number of fused-ring (bicyclic) bond motifs is 1. The Bertz CT molecular complexity index is 1190. The second kappa shape index (κ2) is 9.48. The quantitative estimate of drug-likeness (QED) is 0.609. The Morgan fingerprint density at radius 3 is 2.59 bits per heavy atom. The number of piperazine rings is 1. The number of allylic oxidation sites excluding steroid dienone is 1. The van der Waals surface area contributed by atoms with Crippen LogP contribution in [0.1, 0.15) is 28.9 Å². The summed E-state index contributed by atoms with van der Waals surface area (Å²) in [5.74, 6) is -0.0558. The van der Waals surface area contributed by atoms with Crippen molar-refractivity contribution in [1.82, 2.24) is 15.2 Å². The van der Waals surface area contributed by atoms with Gasteiger partial charge in [0.1, 0.15) is 0 Å². The molecule has 1 amide bonds. The highest BCUT2D eigenvalue weighted by molar-refractivity contribution is 7.17. The van der Waals surface area contributed by atoms with E-state index in [1.165, 1.54) is 5.57 Å². The minimum atomic E-state index is -0.0558. The number of nitrogens with one attached hydrogen (secondary N) is 2. The number of carbonyl (C=O) groups excluding carboxylic acids is 1. The zero-order valence-corrected chi connectivity index (χ0v) is 19.6. The highest BCUT2D eigenvalue weighted by Crippen LogP contribution is 2.32. The van der Waals surface area contributed by atoms with Crippen LogP contribution in [0, 0.1) is 0 Å². The first-order chi connectivity index (χ1) is 15.1. The molecule has 6 nitrogen and oxygen atoms in total. The summed E-state index contributed by atoms with van der Waals surface area (Å²) in [5.41, 5.74) is 4.08. The monoisotopic (exact) mass is 470 g/mol. The fraction of sp³-hybridized carbons (Fsp3) is 0.333. The Balaban J connectivity index is 0.00000245. The predicted molar refractivity (Wildman–Crippen MR) is 134 cm³/mol. The molecule has 8 heteroatoms. The Labute approximate surface area is 197 Å². The van der Waals surface area contributed by atoms with Crippen molar-refractivity contribution in [3.63, 3.8) is 0 Å². The molecule has 0 bridgehead atoms. The van der Waals surface area contributed by atoms with Gasteiger partial charge in [0.2, 0.25) is 0 Å². The molecule has 5 rings (SSSR count). The number of hydrogen-bond acceptors (Lipinski definition) is 5. The maximum absolute atomic E-state index is 12.3. The van der Waals surface area contributed by atoms with Gasteiger partial charge in [-0.3, -0.25) is 14.5 Å². The van der Waals surface area contributed by atoms with Gasteiger partial charge in [-0.25, -0.2) is 0 Å². The van der Waals surface area contributed by atoms with Crippen molar-refractivity contribution < 1.29 is 4.79 Å². The van der Waals surface area contributed by atoms with Gasteiger partial charge < -0.3 is 15.2 Å². The number of carbonyl (C=O) groups is 1. The second-order valence-corrected chi connectivity index (χ2v) is 9.11. The highest BCUT2D eigenvalue weighted by Gasteiger charge is 2.27. The third-order valence-electron chi connectivity index (χ3n) is 6.42. The molecule has 1 saturated heterocycles. The number of hydrogen-bond donors (Lipinski definition) is 2. The average Bonchev–Trinajstić information content (AvgIpc) is 3.49. The molecule has 32 heavy (non-hydrogen) atoms. The van der Waals surface area contributed by atoms with E-state index in [0.717, 1.165) is 60.5 Å². The van der Waals surface area contributed by atoms with E-state index in [-0.39, 0.29) is 23.9 Å². The van der Waals surface area contributed by atoms with E-state index in [9.17, 15) is 9.59 Å². The van der Waals surface area contributed by atoms with E-state index < -0.39 is 0 Å². The molecule has 0 spiro atoms. The molecule has 2 aliphatic rings. The largest absolute Gasteiger partial charge is 0.369 e. The number of pyridine rings is 1. The molecule has 1 aliphatic carbocycles. The number of rotatable bonds is 4. The zero-order chi connectivity index (χ0) is 21.4. The lowest BCUT2D eigenvalue weighted by atomic mass is 10.1. The van der Waals surface area contributed by atoms with Crippen LogP contribution in [0.5, 0.6) is 0 Å². The Morgan fingerprint density at radius 2 is 1.88 bits per heavy atom. The maximum Gasteiger partial charge on any atom is 0.257 e. The van der Waals surface area contributed by atoms with Gasteiger partial charge >= 0.3 is 0 Å². The van der Waals surface area contributed by atoms with E-state index >= 15 is 0 Å². The van der Waals surface area contributed by atoms with E-state index in [1.54, 1.807) is 18.4 Å². The number of nitrogens with zero attached hydrogens (tertiary/aromatic N) is 2. The van der Waals surface area contributed by atoms with Crippen molar-refractivity contribution in [3.8, 4) is 0 Å². The lowest BCUT2D eigenvalue weighted by Gasteiger charge is -2.38. The lowest BCUT2D eigenvalue weighted by molar-refractivity contribution is 0.0963. The summed E-state index contributed by atoms with van der Waals surface area (Å²) < 4.78 is 1.05. The Kier molecular flexibility index (Phi) is 6.69. The molecule has 2 aromatic heterocycles. The van der Waals surface area contributed by atoms with Crippen LogP contribution in [-0.4, -0.2) is 55.1 Å². The smallest absolute Gasteiger partial charge is 0.257 e. The van der Waals surface area contributed by atoms with Crippen molar-refractivity contribution in [2.45, 2.75) is 18.9 Å². The van der Waals surface area contributed by atoms with Crippen molar-refractivity contribution in [2.75, 3.05) is 38.1 Å². The van der Waals surface area contributed by atoms with Crippen LogP contribution in [-0.2, 0) is 0 Å². The van der Waals surface area contributed by atoms with Crippen molar-refractivity contribution in [3.05, 3.63) is 69.5 Å². The number of aromatic nitrogens is 1. The molecule has 2 N–H and O–H groups in total. The fourth-order valence-electron chi connectivity index (χ4n) is 4.64. The summed E-state index contributed by atoms with van der Waals surface area (Å²) in [7, 11) is 1.65. The molecule has 3 heterocycles. The minimum absolute atomic E-state index is 0. The van der Waals surface area contributed by atoms with Crippen LogP contribution in [0.2, 0.25) is 0 Å². The van der Waals surface area contributed by atoms with Crippen molar-refractivity contribution in [2.24, 2.45) is 0 Å². The fourth-order valence-corrected chi connectivity index (χ4v) is 5.47. The summed E-state index contributed by atoms with van der Waals surface area (Å²) in [6, 6.07) is 12.3. The number of aromatic amines is 1.